The van der Waals surface area contributed by atoms with Crippen molar-refractivity contribution in [3.05, 3.63) is 40.3 Å². The van der Waals surface area contributed by atoms with Crippen LogP contribution in [0.3, 0.4) is 0 Å². The molecular weight excluding hydrogens is 424 g/mol. The summed E-state index contributed by atoms with van der Waals surface area (Å²) in [5, 5.41) is 11.4. The van der Waals surface area contributed by atoms with Crippen molar-refractivity contribution < 1.29 is 14.3 Å². The van der Waals surface area contributed by atoms with E-state index in [-0.39, 0.29) is 12.3 Å². The topological polar surface area (TPSA) is 118 Å². The van der Waals surface area contributed by atoms with Gasteiger partial charge in [0.05, 0.1) is 12.1 Å². The maximum atomic E-state index is 12.1. The zero-order chi connectivity index (χ0) is 21.7. The summed E-state index contributed by atoms with van der Waals surface area (Å²) >= 11 is 2.78. The lowest BCUT2D eigenvalue weighted by atomic mass is 10.2. The average Bonchev–Trinajstić information content (AvgIpc) is 3.22. The lowest BCUT2D eigenvalue weighted by Gasteiger charge is -2.19. The van der Waals surface area contributed by atoms with E-state index in [0.29, 0.717) is 27.6 Å². The van der Waals surface area contributed by atoms with Gasteiger partial charge in [-0.1, -0.05) is 6.07 Å². The first kappa shape index (κ1) is 21.7. The molecule has 11 heteroatoms. The maximum Gasteiger partial charge on any atom is 0.413 e. The second-order valence-electron chi connectivity index (χ2n) is 7.30. The molecule has 0 bridgehead atoms. The zero-order valence-electron chi connectivity index (χ0n) is 17.0. The predicted octanol–water partition coefficient (Wildman–Crippen LogP) is 4.57. The highest BCUT2D eigenvalue weighted by Gasteiger charge is 2.17. The number of rotatable bonds is 6. The monoisotopic (exact) mass is 446 g/mol. The van der Waals surface area contributed by atoms with E-state index in [4.69, 9.17) is 4.74 Å². The molecule has 0 aliphatic rings. The molecular formula is C19H22N6O3S2. The van der Waals surface area contributed by atoms with Crippen LogP contribution in [0.25, 0.3) is 0 Å². The van der Waals surface area contributed by atoms with Crippen LogP contribution in [0.1, 0.15) is 31.3 Å². The van der Waals surface area contributed by atoms with Crippen molar-refractivity contribution >= 4 is 56.6 Å². The smallest absolute Gasteiger partial charge is 0.413 e. The molecule has 0 saturated carbocycles. The van der Waals surface area contributed by atoms with Gasteiger partial charge in [-0.2, -0.15) is 0 Å². The number of hydrogen-bond donors (Lipinski definition) is 3. The number of aryl methyl sites for hydroxylation is 1. The molecule has 3 N–H and O–H groups in total. The Hall–Kier alpha value is -3.05. The van der Waals surface area contributed by atoms with Crippen LogP contribution in [-0.2, 0) is 16.0 Å². The lowest BCUT2D eigenvalue weighted by Crippen LogP contribution is -2.27. The number of thiazole rings is 2. The molecule has 3 rings (SSSR count). The fraction of sp³-hybridized carbons (Fsp3) is 0.316. The summed E-state index contributed by atoms with van der Waals surface area (Å²) in [4.78, 5) is 37.9. The van der Waals surface area contributed by atoms with Crippen LogP contribution >= 0.6 is 22.7 Å². The highest BCUT2D eigenvalue weighted by molar-refractivity contribution is 7.15. The summed E-state index contributed by atoms with van der Waals surface area (Å²) in [7, 11) is 0. The van der Waals surface area contributed by atoms with Gasteiger partial charge in [0.1, 0.15) is 17.2 Å². The van der Waals surface area contributed by atoms with Crippen molar-refractivity contribution in [2.45, 2.75) is 39.7 Å². The Balaban J connectivity index is 1.56. The van der Waals surface area contributed by atoms with Crippen LogP contribution in [0.2, 0.25) is 0 Å². The molecule has 3 aromatic heterocycles. The molecule has 0 aromatic carbocycles. The normalized spacial score (nSPS) is 11.1. The lowest BCUT2D eigenvalue weighted by molar-refractivity contribution is -0.115. The minimum Gasteiger partial charge on any atom is -0.444 e. The van der Waals surface area contributed by atoms with Crippen LogP contribution in [-0.4, -0.2) is 32.6 Å². The van der Waals surface area contributed by atoms with Crippen molar-refractivity contribution in [3.63, 3.8) is 0 Å². The SMILES string of the molecule is Cc1cnc(NC(=O)Cc2csc(Nc3cccc(NC(=O)OC(C)(C)C)n3)n2)s1. The van der Waals surface area contributed by atoms with Crippen LogP contribution in [0.5, 0.6) is 0 Å². The van der Waals surface area contributed by atoms with Crippen molar-refractivity contribution in [2.24, 2.45) is 0 Å². The van der Waals surface area contributed by atoms with Crippen LogP contribution in [0.4, 0.5) is 26.7 Å². The molecule has 0 unspecified atom stereocenters. The molecule has 0 aliphatic heterocycles. The van der Waals surface area contributed by atoms with E-state index < -0.39 is 11.7 Å². The van der Waals surface area contributed by atoms with Gasteiger partial charge in [0.25, 0.3) is 0 Å². The number of carbonyl (C=O) groups is 2. The van der Waals surface area contributed by atoms with Crippen molar-refractivity contribution in [3.8, 4) is 0 Å². The highest BCUT2D eigenvalue weighted by Crippen LogP contribution is 2.22. The first-order chi connectivity index (χ1) is 14.2. The number of ether oxygens (including phenoxy) is 1. The van der Waals surface area contributed by atoms with E-state index >= 15 is 0 Å². The van der Waals surface area contributed by atoms with Crippen LogP contribution < -0.4 is 16.0 Å². The summed E-state index contributed by atoms with van der Waals surface area (Å²) in [6.45, 7) is 7.29. The first-order valence-corrected chi connectivity index (χ1v) is 10.8. The minimum atomic E-state index is -0.595. The van der Waals surface area contributed by atoms with Gasteiger partial charge in [-0.3, -0.25) is 10.1 Å². The number of nitrogens with one attached hydrogen (secondary N) is 3. The summed E-state index contributed by atoms with van der Waals surface area (Å²) < 4.78 is 5.22. The van der Waals surface area contributed by atoms with Gasteiger partial charge in [0, 0.05) is 16.5 Å². The Bertz CT molecular complexity index is 1040. The van der Waals surface area contributed by atoms with Crippen molar-refractivity contribution in [1.82, 2.24) is 15.0 Å². The third kappa shape index (κ3) is 6.78. The zero-order valence-corrected chi connectivity index (χ0v) is 18.6. The van der Waals surface area contributed by atoms with E-state index in [1.54, 1.807) is 50.5 Å². The third-order valence-corrected chi connectivity index (χ3v) is 5.01. The van der Waals surface area contributed by atoms with Crippen molar-refractivity contribution in [1.29, 1.82) is 0 Å². The van der Waals surface area contributed by atoms with E-state index in [1.165, 1.54) is 22.7 Å². The number of hydrogen-bond acceptors (Lipinski definition) is 9. The number of amides is 2. The third-order valence-electron chi connectivity index (χ3n) is 3.37. The fourth-order valence-corrected chi connectivity index (χ4v) is 3.68. The molecule has 158 valence electrons. The number of aromatic nitrogens is 3. The molecule has 2 amide bonds. The molecule has 9 nitrogen and oxygen atoms in total. The number of carbonyl (C=O) groups excluding carboxylic acids is 2. The van der Waals surface area contributed by atoms with E-state index in [1.807, 2.05) is 6.92 Å². The number of pyridine rings is 1. The molecule has 3 heterocycles. The quantitative estimate of drug-likeness (QED) is 0.507. The molecule has 0 spiro atoms. The predicted molar refractivity (Wildman–Crippen MR) is 119 cm³/mol. The fourth-order valence-electron chi connectivity index (χ4n) is 2.28. The molecule has 0 atom stereocenters. The molecule has 0 saturated heterocycles. The number of nitrogens with zero attached hydrogens (tertiary/aromatic N) is 3. The van der Waals surface area contributed by atoms with Gasteiger partial charge in [-0.05, 0) is 39.8 Å². The van der Waals surface area contributed by atoms with Crippen LogP contribution in [0, 0.1) is 6.92 Å². The molecule has 0 radical (unpaired) electrons. The second kappa shape index (κ2) is 9.18. The Morgan fingerprint density at radius 3 is 2.57 bits per heavy atom. The van der Waals surface area contributed by atoms with Gasteiger partial charge in [-0.25, -0.2) is 19.7 Å². The highest BCUT2D eigenvalue weighted by atomic mass is 32.1. The summed E-state index contributed by atoms with van der Waals surface area (Å²) in [6, 6.07) is 5.16. The molecule has 30 heavy (non-hydrogen) atoms. The Labute approximate surface area is 181 Å². The summed E-state index contributed by atoms with van der Waals surface area (Å²) in [5.41, 5.74) is 0.0402. The molecule has 0 aliphatic carbocycles. The standard InChI is InChI=1S/C19H22N6O3S2/c1-11-9-20-16(30-11)25-15(26)8-12-10-29-17(21-12)23-13-6-5-7-14(22-13)24-18(27)28-19(2,3)4/h5-7,9-10H,8H2,1-4H3,(H,20,25,26)(H2,21,22,23,24,27). The van der Waals surface area contributed by atoms with Gasteiger partial charge in [0.2, 0.25) is 5.91 Å². The summed E-state index contributed by atoms with van der Waals surface area (Å²) in [6.07, 6.45) is 1.28. The Kier molecular flexibility index (Phi) is 6.63. The largest absolute Gasteiger partial charge is 0.444 e. The summed E-state index contributed by atoms with van der Waals surface area (Å²) in [5.74, 6) is 0.680. The van der Waals surface area contributed by atoms with Gasteiger partial charge >= 0.3 is 6.09 Å². The minimum absolute atomic E-state index is 0.143. The molecule has 3 aromatic rings. The Morgan fingerprint density at radius 1 is 1.10 bits per heavy atom. The van der Waals surface area contributed by atoms with E-state index in [9.17, 15) is 9.59 Å². The van der Waals surface area contributed by atoms with E-state index in [2.05, 4.69) is 30.9 Å². The average molecular weight is 447 g/mol. The Morgan fingerprint density at radius 2 is 1.87 bits per heavy atom. The van der Waals surface area contributed by atoms with Crippen LogP contribution in [0.15, 0.2) is 29.8 Å². The van der Waals surface area contributed by atoms with E-state index in [0.717, 1.165) is 4.88 Å². The van der Waals surface area contributed by atoms with Crippen molar-refractivity contribution in [2.75, 3.05) is 16.0 Å². The van der Waals surface area contributed by atoms with Gasteiger partial charge in [0.15, 0.2) is 10.3 Å². The van der Waals surface area contributed by atoms with Gasteiger partial charge in [-0.15, -0.1) is 22.7 Å². The maximum absolute atomic E-state index is 12.1. The first-order valence-electron chi connectivity index (χ1n) is 9.07. The molecule has 0 fully saturated rings. The van der Waals surface area contributed by atoms with Gasteiger partial charge < -0.3 is 15.4 Å². The second-order valence-corrected chi connectivity index (χ2v) is 9.40. The number of anilines is 4.